The van der Waals surface area contributed by atoms with Crippen LogP contribution in [0, 0.1) is 13.8 Å². The van der Waals surface area contributed by atoms with Crippen molar-refractivity contribution in [2.24, 2.45) is 0 Å². The zero-order valence-electron chi connectivity index (χ0n) is 11.8. The van der Waals surface area contributed by atoms with Crippen molar-refractivity contribution in [1.29, 1.82) is 0 Å². The molecule has 21 heavy (non-hydrogen) atoms. The van der Waals surface area contributed by atoms with Crippen molar-refractivity contribution in [2.75, 3.05) is 0 Å². The molecule has 0 atom stereocenters. The van der Waals surface area contributed by atoms with Crippen molar-refractivity contribution in [3.8, 4) is 0 Å². The minimum absolute atomic E-state index is 0.0420. The van der Waals surface area contributed by atoms with Crippen LogP contribution in [0.1, 0.15) is 26.5 Å². The van der Waals surface area contributed by atoms with Crippen molar-refractivity contribution in [3.63, 3.8) is 0 Å². The van der Waals surface area contributed by atoms with E-state index in [0.29, 0.717) is 12.1 Å². The summed E-state index contributed by atoms with van der Waals surface area (Å²) in [7, 11) is 0. The third-order valence-electron chi connectivity index (χ3n) is 3.62. The molecule has 0 saturated heterocycles. The molecule has 0 fully saturated rings. The molecular weight excluding hydrogens is 348 g/mol. The predicted octanol–water partition coefficient (Wildman–Crippen LogP) is 4.54. The highest BCUT2D eigenvalue weighted by molar-refractivity contribution is 9.10. The van der Waals surface area contributed by atoms with E-state index in [-0.39, 0.29) is 5.91 Å². The summed E-state index contributed by atoms with van der Waals surface area (Å²) in [6.07, 6.45) is 0. The Labute approximate surface area is 135 Å². The largest absolute Gasteiger partial charge is 0.358 e. The number of benzene rings is 1. The van der Waals surface area contributed by atoms with Gasteiger partial charge in [0.15, 0.2) is 0 Å². The normalized spacial score (nSPS) is 11.0. The minimum Gasteiger partial charge on any atom is -0.358 e. The summed E-state index contributed by atoms with van der Waals surface area (Å²) in [5.41, 5.74) is 4.11. The van der Waals surface area contributed by atoms with Crippen LogP contribution in [0.25, 0.3) is 10.9 Å². The van der Waals surface area contributed by atoms with Gasteiger partial charge in [-0.05, 0) is 59.6 Å². The van der Waals surface area contributed by atoms with Crippen LogP contribution in [0.3, 0.4) is 0 Å². The molecule has 2 N–H and O–H groups in total. The topological polar surface area (TPSA) is 44.9 Å². The molecule has 1 aromatic carbocycles. The third kappa shape index (κ3) is 2.89. The number of hydrogen-bond acceptors (Lipinski definition) is 2. The molecule has 0 bridgehead atoms. The van der Waals surface area contributed by atoms with Crippen molar-refractivity contribution in [2.45, 2.75) is 20.4 Å². The first-order chi connectivity index (χ1) is 10.0. The smallest absolute Gasteiger partial charge is 0.251 e. The number of nitrogens with one attached hydrogen (secondary N) is 2. The monoisotopic (exact) mass is 362 g/mol. The molecule has 3 aromatic rings. The van der Waals surface area contributed by atoms with Gasteiger partial charge >= 0.3 is 0 Å². The fourth-order valence-corrected chi connectivity index (χ4v) is 3.71. The van der Waals surface area contributed by atoms with E-state index >= 15 is 0 Å². The number of aromatic nitrogens is 1. The highest BCUT2D eigenvalue weighted by atomic mass is 79.9. The Morgan fingerprint density at radius 2 is 2.14 bits per heavy atom. The maximum Gasteiger partial charge on any atom is 0.251 e. The summed E-state index contributed by atoms with van der Waals surface area (Å²) < 4.78 is 1.05. The average Bonchev–Trinajstić information content (AvgIpc) is 3.01. The van der Waals surface area contributed by atoms with Gasteiger partial charge in [0, 0.05) is 36.9 Å². The fraction of sp³-hybridized carbons (Fsp3) is 0.188. The molecule has 1 amide bonds. The Morgan fingerprint density at radius 1 is 1.33 bits per heavy atom. The summed E-state index contributed by atoms with van der Waals surface area (Å²) in [5, 5.41) is 6.08. The van der Waals surface area contributed by atoms with Gasteiger partial charge in [0.1, 0.15) is 0 Å². The number of thiophene rings is 1. The van der Waals surface area contributed by atoms with Gasteiger partial charge in [-0.3, -0.25) is 4.79 Å². The second-order valence-corrected chi connectivity index (χ2v) is 6.96. The highest BCUT2D eigenvalue weighted by Crippen LogP contribution is 2.23. The number of carbonyl (C=O) groups excluding carboxylic acids is 1. The molecule has 2 heterocycles. The number of carbonyl (C=O) groups is 1. The van der Waals surface area contributed by atoms with E-state index in [4.69, 9.17) is 0 Å². The van der Waals surface area contributed by atoms with Crippen LogP contribution in [0.2, 0.25) is 0 Å². The average molecular weight is 363 g/mol. The molecular formula is C16H15BrN2OS. The van der Waals surface area contributed by atoms with Gasteiger partial charge in [0.2, 0.25) is 0 Å². The van der Waals surface area contributed by atoms with Crippen molar-refractivity contribution >= 4 is 44.1 Å². The highest BCUT2D eigenvalue weighted by Gasteiger charge is 2.10. The number of fused-ring (bicyclic) bond motifs is 1. The molecule has 0 aliphatic rings. The van der Waals surface area contributed by atoms with Crippen LogP contribution in [-0.2, 0) is 6.54 Å². The number of hydrogen-bond donors (Lipinski definition) is 2. The lowest BCUT2D eigenvalue weighted by molar-refractivity contribution is 0.0951. The van der Waals surface area contributed by atoms with E-state index in [9.17, 15) is 4.79 Å². The van der Waals surface area contributed by atoms with Gasteiger partial charge in [0.05, 0.1) is 6.54 Å². The molecule has 0 unspecified atom stereocenters. The number of rotatable bonds is 3. The minimum atomic E-state index is -0.0420. The van der Waals surface area contributed by atoms with Gasteiger partial charge in [0.25, 0.3) is 5.91 Å². The van der Waals surface area contributed by atoms with Crippen molar-refractivity contribution in [1.82, 2.24) is 10.3 Å². The Kier molecular flexibility index (Phi) is 3.87. The number of amides is 1. The Bertz CT molecular complexity index is 819. The third-order valence-corrected chi connectivity index (χ3v) is 5.31. The first kappa shape index (κ1) is 14.4. The number of aromatic amines is 1. The molecule has 0 spiro atoms. The quantitative estimate of drug-likeness (QED) is 0.705. The Hall–Kier alpha value is -1.59. The van der Waals surface area contributed by atoms with E-state index in [1.165, 1.54) is 5.56 Å². The lowest BCUT2D eigenvalue weighted by Gasteiger charge is -2.04. The van der Waals surface area contributed by atoms with Gasteiger partial charge in [-0.1, -0.05) is 0 Å². The van der Waals surface area contributed by atoms with Crippen LogP contribution in [0.5, 0.6) is 0 Å². The second kappa shape index (κ2) is 5.66. The van der Waals surface area contributed by atoms with Crippen molar-refractivity contribution < 1.29 is 4.79 Å². The molecule has 2 aromatic heterocycles. The Morgan fingerprint density at radius 3 is 2.86 bits per heavy atom. The zero-order valence-corrected chi connectivity index (χ0v) is 14.2. The van der Waals surface area contributed by atoms with E-state index in [1.54, 1.807) is 11.3 Å². The lowest BCUT2D eigenvalue weighted by Crippen LogP contribution is -2.22. The molecule has 3 nitrogen and oxygen atoms in total. The molecule has 0 aliphatic carbocycles. The summed E-state index contributed by atoms with van der Waals surface area (Å²) in [4.78, 5) is 16.7. The molecule has 0 saturated carbocycles. The molecule has 3 rings (SSSR count). The molecule has 108 valence electrons. The van der Waals surface area contributed by atoms with Crippen molar-refractivity contribution in [3.05, 3.63) is 55.8 Å². The fourth-order valence-electron chi connectivity index (χ4n) is 2.32. The van der Waals surface area contributed by atoms with Gasteiger partial charge < -0.3 is 10.3 Å². The van der Waals surface area contributed by atoms with Crippen LogP contribution in [-0.4, -0.2) is 10.9 Å². The van der Waals surface area contributed by atoms with E-state index < -0.39 is 0 Å². The maximum atomic E-state index is 12.3. The van der Waals surface area contributed by atoms with Crippen LogP contribution in [0.15, 0.2) is 34.1 Å². The lowest BCUT2D eigenvalue weighted by atomic mass is 10.1. The first-order valence-electron chi connectivity index (χ1n) is 6.64. The Balaban J connectivity index is 1.79. The number of H-pyrrole nitrogens is 1. The second-order valence-electron chi connectivity index (χ2n) is 5.05. The van der Waals surface area contributed by atoms with Crippen LogP contribution >= 0.6 is 27.3 Å². The van der Waals surface area contributed by atoms with Crippen LogP contribution < -0.4 is 5.32 Å². The molecule has 5 heteroatoms. The van der Waals surface area contributed by atoms with Gasteiger partial charge in [-0.2, -0.15) is 0 Å². The standard InChI is InChI=1S/C16H15BrN2OS/c1-9-10(2)19-15-4-3-11(5-14(9)15)16(20)18-7-13-6-12(17)8-21-13/h3-6,8,19H,7H2,1-2H3,(H,18,20). The maximum absolute atomic E-state index is 12.3. The summed E-state index contributed by atoms with van der Waals surface area (Å²) in [5.74, 6) is -0.0420. The van der Waals surface area contributed by atoms with Gasteiger partial charge in [-0.25, -0.2) is 0 Å². The van der Waals surface area contributed by atoms with E-state index in [0.717, 1.165) is 25.9 Å². The van der Waals surface area contributed by atoms with Gasteiger partial charge in [-0.15, -0.1) is 11.3 Å². The first-order valence-corrected chi connectivity index (χ1v) is 8.32. The summed E-state index contributed by atoms with van der Waals surface area (Å²) in [6.45, 7) is 4.67. The SMILES string of the molecule is Cc1[nH]c2ccc(C(=O)NCc3cc(Br)cs3)cc2c1C. The molecule has 0 radical (unpaired) electrons. The summed E-state index contributed by atoms with van der Waals surface area (Å²) in [6, 6.07) is 7.80. The predicted molar refractivity (Wildman–Crippen MR) is 91.0 cm³/mol. The number of aryl methyl sites for hydroxylation is 2. The molecule has 0 aliphatic heterocycles. The zero-order chi connectivity index (χ0) is 15.0. The van der Waals surface area contributed by atoms with E-state index in [1.807, 2.05) is 36.6 Å². The summed E-state index contributed by atoms with van der Waals surface area (Å²) >= 11 is 5.04. The van der Waals surface area contributed by atoms with E-state index in [2.05, 4.69) is 33.2 Å². The van der Waals surface area contributed by atoms with Crippen LogP contribution in [0.4, 0.5) is 0 Å². The number of halogens is 1.